The fraction of sp³-hybridized carbons (Fsp3) is 0.294. The first-order valence-corrected chi connectivity index (χ1v) is 7.09. The van der Waals surface area contributed by atoms with Gasteiger partial charge in [0.15, 0.2) is 0 Å². The van der Waals surface area contributed by atoms with Gasteiger partial charge in [0.1, 0.15) is 6.10 Å². The van der Waals surface area contributed by atoms with Gasteiger partial charge in [0.2, 0.25) is 0 Å². The van der Waals surface area contributed by atoms with Crippen molar-refractivity contribution in [1.82, 2.24) is 0 Å². The van der Waals surface area contributed by atoms with Crippen molar-refractivity contribution in [3.05, 3.63) is 69.2 Å². The minimum atomic E-state index is -0.640. The SMILES string of the molecule is Cc1cccc(C(O)c2ccc3c(c2)CCC3)c1Cl. The molecule has 1 nitrogen and oxygen atoms in total. The molecule has 0 aromatic heterocycles. The standard InChI is InChI=1S/C17H17ClO/c1-11-4-2-7-15(16(11)18)17(19)14-9-8-12-5-3-6-13(12)10-14/h2,4,7-10,17,19H,3,5-6H2,1H3. The van der Waals surface area contributed by atoms with E-state index in [1.54, 1.807) is 0 Å². The first-order chi connectivity index (χ1) is 9.16. The summed E-state index contributed by atoms with van der Waals surface area (Å²) < 4.78 is 0. The Morgan fingerprint density at radius 2 is 1.89 bits per heavy atom. The van der Waals surface area contributed by atoms with Crippen molar-refractivity contribution in [2.24, 2.45) is 0 Å². The zero-order chi connectivity index (χ0) is 13.4. The number of rotatable bonds is 2. The second-order valence-electron chi connectivity index (χ2n) is 5.26. The zero-order valence-corrected chi connectivity index (χ0v) is 11.7. The molecule has 2 heteroatoms. The Morgan fingerprint density at radius 1 is 1.11 bits per heavy atom. The summed E-state index contributed by atoms with van der Waals surface area (Å²) in [5.74, 6) is 0. The van der Waals surface area contributed by atoms with Crippen LogP contribution in [0.4, 0.5) is 0 Å². The minimum absolute atomic E-state index is 0.640. The van der Waals surface area contributed by atoms with E-state index < -0.39 is 6.10 Å². The second kappa shape index (κ2) is 4.99. The molecule has 0 heterocycles. The molecule has 1 aliphatic carbocycles. The second-order valence-corrected chi connectivity index (χ2v) is 5.64. The van der Waals surface area contributed by atoms with Gasteiger partial charge in [-0.2, -0.15) is 0 Å². The minimum Gasteiger partial charge on any atom is -0.384 e. The predicted octanol–water partition coefficient (Wildman–Crippen LogP) is 4.22. The molecule has 1 atom stereocenters. The van der Waals surface area contributed by atoms with E-state index in [-0.39, 0.29) is 0 Å². The Labute approximate surface area is 118 Å². The molecule has 0 spiro atoms. The molecule has 19 heavy (non-hydrogen) atoms. The number of aryl methyl sites for hydroxylation is 3. The summed E-state index contributed by atoms with van der Waals surface area (Å²) in [4.78, 5) is 0. The summed E-state index contributed by atoms with van der Waals surface area (Å²) in [6.45, 7) is 1.96. The van der Waals surface area contributed by atoms with Crippen LogP contribution in [0.5, 0.6) is 0 Å². The Balaban J connectivity index is 2.00. The summed E-state index contributed by atoms with van der Waals surface area (Å²) in [6, 6.07) is 12.1. The van der Waals surface area contributed by atoms with Gasteiger partial charge in [-0.25, -0.2) is 0 Å². The van der Waals surface area contributed by atoms with E-state index in [2.05, 4.69) is 12.1 Å². The number of aliphatic hydroxyl groups excluding tert-OH is 1. The molecule has 1 unspecified atom stereocenters. The predicted molar refractivity (Wildman–Crippen MR) is 78.7 cm³/mol. The average Bonchev–Trinajstić information content (AvgIpc) is 2.88. The third-order valence-electron chi connectivity index (χ3n) is 3.95. The Hall–Kier alpha value is -1.31. The van der Waals surface area contributed by atoms with Gasteiger partial charge >= 0.3 is 0 Å². The van der Waals surface area contributed by atoms with Gasteiger partial charge in [0, 0.05) is 10.6 Å². The molecule has 0 fully saturated rings. The Morgan fingerprint density at radius 3 is 2.74 bits per heavy atom. The molecule has 3 rings (SSSR count). The van der Waals surface area contributed by atoms with Crippen molar-refractivity contribution in [2.75, 3.05) is 0 Å². The average molecular weight is 273 g/mol. The van der Waals surface area contributed by atoms with Gasteiger partial charge in [-0.1, -0.05) is 48.0 Å². The summed E-state index contributed by atoms with van der Waals surface area (Å²) in [6.07, 6.45) is 2.87. The lowest BCUT2D eigenvalue weighted by Gasteiger charge is -2.15. The van der Waals surface area contributed by atoms with Crippen LogP contribution < -0.4 is 0 Å². The Kier molecular flexibility index (Phi) is 3.34. The summed E-state index contributed by atoms with van der Waals surface area (Å²) >= 11 is 6.30. The number of benzene rings is 2. The molecule has 0 amide bonds. The lowest BCUT2D eigenvalue weighted by Crippen LogP contribution is -2.02. The fourth-order valence-electron chi connectivity index (χ4n) is 2.82. The first kappa shape index (κ1) is 12.7. The third kappa shape index (κ3) is 2.29. The number of hydrogen-bond acceptors (Lipinski definition) is 1. The molecule has 1 N–H and O–H groups in total. The zero-order valence-electron chi connectivity index (χ0n) is 11.0. The smallest absolute Gasteiger partial charge is 0.106 e. The number of aliphatic hydroxyl groups is 1. The van der Waals surface area contributed by atoms with Crippen molar-refractivity contribution in [2.45, 2.75) is 32.3 Å². The van der Waals surface area contributed by atoms with Crippen molar-refractivity contribution < 1.29 is 5.11 Å². The van der Waals surface area contributed by atoms with Gasteiger partial charge in [-0.05, 0) is 48.4 Å². The monoisotopic (exact) mass is 272 g/mol. The van der Waals surface area contributed by atoms with Crippen LogP contribution in [-0.2, 0) is 12.8 Å². The number of hydrogen-bond donors (Lipinski definition) is 1. The normalized spacial score (nSPS) is 15.3. The topological polar surface area (TPSA) is 20.2 Å². The van der Waals surface area contributed by atoms with Gasteiger partial charge in [0.25, 0.3) is 0 Å². The molecule has 0 saturated carbocycles. The van der Waals surface area contributed by atoms with Crippen LogP contribution in [0, 0.1) is 6.92 Å². The first-order valence-electron chi connectivity index (χ1n) is 6.71. The van der Waals surface area contributed by atoms with Crippen LogP contribution in [0.25, 0.3) is 0 Å². The third-order valence-corrected chi connectivity index (χ3v) is 4.47. The maximum Gasteiger partial charge on any atom is 0.106 e. The largest absolute Gasteiger partial charge is 0.384 e. The van der Waals surface area contributed by atoms with E-state index in [9.17, 15) is 5.11 Å². The van der Waals surface area contributed by atoms with E-state index >= 15 is 0 Å². The molecule has 98 valence electrons. The summed E-state index contributed by atoms with van der Waals surface area (Å²) in [7, 11) is 0. The molecule has 0 aliphatic heterocycles. The van der Waals surface area contributed by atoms with Crippen molar-refractivity contribution in [3.63, 3.8) is 0 Å². The number of fused-ring (bicyclic) bond motifs is 1. The van der Waals surface area contributed by atoms with E-state index in [0.717, 1.165) is 29.5 Å². The van der Waals surface area contributed by atoms with Crippen LogP contribution in [0.3, 0.4) is 0 Å². The van der Waals surface area contributed by atoms with Gasteiger partial charge < -0.3 is 5.11 Å². The van der Waals surface area contributed by atoms with Crippen molar-refractivity contribution in [3.8, 4) is 0 Å². The van der Waals surface area contributed by atoms with E-state index in [4.69, 9.17) is 11.6 Å². The van der Waals surface area contributed by atoms with Crippen LogP contribution in [-0.4, -0.2) is 5.11 Å². The van der Waals surface area contributed by atoms with Crippen molar-refractivity contribution >= 4 is 11.6 Å². The highest BCUT2D eigenvalue weighted by Gasteiger charge is 2.18. The van der Waals surface area contributed by atoms with Crippen molar-refractivity contribution in [1.29, 1.82) is 0 Å². The van der Waals surface area contributed by atoms with E-state index in [0.29, 0.717) is 5.02 Å². The lowest BCUT2D eigenvalue weighted by molar-refractivity contribution is 0.220. The number of halogens is 1. The highest BCUT2D eigenvalue weighted by Crippen LogP contribution is 2.32. The summed E-state index contributed by atoms with van der Waals surface area (Å²) in [5.41, 5.74) is 5.53. The molecule has 2 aromatic rings. The Bertz CT molecular complexity index is 619. The molecule has 2 aromatic carbocycles. The molecule has 1 aliphatic rings. The molecule has 0 radical (unpaired) electrons. The van der Waals surface area contributed by atoms with Crippen LogP contribution >= 0.6 is 11.6 Å². The quantitative estimate of drug-likeness (QED) is 0.868. The van der Waals surface area contributed by atoms with Crippen LogP contribution in [0.15, 0.2) is 36.4 Å². The van der Waals surface area contributed by atoms with Crippen LogP contribution in [0.1, 0.15) is 40.3 Å². The lowest BCUT2D eigenvalue weighted by atomic mass is 9.97. The van der Waals surface area contributed by atoms with E-state index in [1.165, 1.54) is 17.5 Å². The highest BCUT2D eigenvalue weighted by molar-refractivity contribution is 6.32. The molecular formula is C17H17ClO. The van der Waals surface area contributed by atoms with Gasteiger partial charge in [-0.15, -0.1) is 0 Å². The molecular weight excluding hydrogens is 256 g/mol. The van der Waals surface area contributed by atoms with E-state index in [1.807, 2.05) is 31.2 Å². The van der Waals surface area contributed by atoms with Gasteiger partial charge in [-0.3, -0.25) is 0 Å². The highest BCUT2D eigenvalue weighted by atomic mass is 35.5. The maximum atomic E-state index is 10.5. The van der Waals surface area contributed by atoms with Gasteiger partial charge in [0.05, 0.1) is 0 Å². The summed E-state index contributed by atoms with van der Waals surface area (Å²) in [5, 5.41) is 11.2. The maximum absolute atomic E-state index is 10.5. The van der Waals surface area contributed by atoms with Crippen LogP contribution in [0.2, 0.25) is 5.02 Å². The fourth-order valence-corrected chi connectivity index (χ4v) is 3.05. The molecule has 0 bridgehead atoms. The molecule has 0 saturated heterocycles.